The first-order valence-corrected chi connectivity index (χ1v) is 6.88. The molecule has 3 rings (SSSR count). The average molecular weight is 274 g/mol. The van der Waals surface area contributed by atoms with E-state index < -0.39 is 0 Å². The summed E-state index contributed by atoms with van der Waals surface area (Å²) in [6.45, 7) is 4.05. The number of hydrogen-bond acceptors (Lipinski definition) is 4. The highest BCUT2D eigenvalue weighted by molar-refractivity contribution is 5.84. The van der Waals surface area contributed by atoms with E-state index in [-0.39, 0.29) is 10.6 Å². The lowest BCUT2D eigenvalue weighted by Gasteiger charge is -2.29. The lowest BCUT2D eigenvalue weighted by Crippen LogP contribution is -2.31. The number of benzene rings is 1. The minimum absolute atomic E-state index is 0.128. The lowest BCUT2D eigenvalue weighted by molar-refractivity contribution is -0.384. The molecule has 2 heterocycles. The number of non-ortho nitro benzene ring substituents is 1. The first-order valence-electron chi connectivity index (χ1n) is 6.88. The van der Waals surface area contributed by atoms with E-state index in [4.69, 9.17) is 0 Å². The third-order valence-corrected chi connectivity index (χ3v) is 4.12. The zero-order valence-electron chi connectivity index (χ0n) is 11.7. The highest BCUT2D eigenvalue weighted by atomic mass is 16.6. The van der Waals surface area contributed by atoms with Crippen molar-refractivity contribution in [3.8, 4) is 0 Å². The van der Waals surface area contributed by atoms with E-state index in [1.54, 1.807) is 12.1 Å². The molecule has 20 heavy (non-hydrogen) atoms. The Labute approximate surface area is 117 Å². The lowest BCUT2D eigenvalue weighted by atomic mass is 10.1. The summed E-state index contributed by atoms with van der Waals surface area (Å²) < 4.78 is 2.06. The van der Waals surface area contributed by atoms with Gasteiger partial charge in [0.2, 0.25) is 0 Å². The summed E-state index contributed by atoms with van der Waals surface area (Å²) in [7, 11) is 2.13. The van der Waals surface area contributed by atoms with Crippen molar-refractivity contribution in [2.24, 2.45) is 0 Å². The first kappa shape index (κ1) is 13.1. The van der Waals surface area contributed by atoms with Crippen LogP contribution in [-0.2, 0) is 0 Å². The number of likely N-dealkylation sites (tertiary alicyclic amines) is 1. The third-order valence-electron chi connectivity index (χ3n) is 4.12. The second kappa shape index (κ2) is 4.86. The molecule has 1 aliphatic heterocycles. The molecule has 106 valence electrons. The van der Waals surface area contributed by atoms with Crippen LogP contribution in [0.3, 0.4) is 0 Å². The van der Waals surface area contributed by atoms with Crippen LogP contribution in [0.5, 0.6) is 0 Å². The summed E-state index contributed by atoms with van der Waals surface area (Å²) in [4.78, 5) is 12.8. The quantitative estimate of drug-likeness (QED) is 0.623. The Morgan fingerprint density at radius 1 is 1.35 bits per heavy atom. The second-order valence-electron chi connectivity index (χ2n) is 5.52. The minimum atomic E-state index is -0.355. The van der Waals surface area contributed by atoms with Gasteiger partial charge in [0.1, 0.15) is 0 Å². The molecule has 1 aromatic carbocycles. The van der Waals surface area contributed by atoms with Crippen molar-refractivity contribution in [1.82, 2.24) is 14.7 Å². The maximum absolute atomic E-state index is 10.9. The van der Waals surface area contributed by atoms with Gasteiger partial charge in [-0.1, -0.05) is 0 Å². The molecule has 6 heteroatoms. The van der Waals surface area contributed by atoms with Crippen LogP contribution in [0.25, 0.3) is 10.9 Å². The summed E-state index contributed by atoms with van der Waals surface area (Å²) in [6, 6.07) is 5.41. The van der Waals surface area contributed by atoms with Crippen LogP contribution >= 0.6 is 0 Å². The Bertz CT molecular complexity index is 656. The molecule has 0 aliphatic carbocycles. The molecule has 0 atom stereocenters. The van der Waals surface area contributed by atoms with Crippen molar-refractivity contribution in [2.75, 3.05) is 20.1 Å². The molecule has 0 bridgehead atoms. The molecule has 6 nitrogen and oxygen atoms in total. The van der Waals surface area contributed by atoms with Gasteiger partial charge in [-0.3, -0.25) is 14.8 Å². The van der Waals surface area contributed by atoms with Crippen LogP contribution in [-0.4, -0.2) is 39.7 Å². The third kappa shape index (κ3) is 2.16. The van der Waals surface area contributed by atoms with E-state index >= 15 is 0 Å². The van der Waals surface area contributed by atoms with E-state index in [9.17, 15) is 10.1 Å². The average Bonchev–Trinajstić information content (AvgIpc) is 2.76. The molecule has 1 aliphatic rings. The van der Waals surface area contributed by atoms with Gasteiger partial charge < -0.3 is 4.90 Å². The van der Waals surface area contributed by atoms with E-state index in [0.29, 0.717) is 6.04 Å². The van der Waals surface area contributed by atoms with Gasteiger partial charge in [-0.15, -0.1) is 0 Å². The molecule has 1 fully saturated rings. The zero-order chi connectivity index (χ0) is 14.3. The smallest absolute Gasteiger partial charge is 0.270 e. The van der Waals surface area contributed by atoms with Crippen molar-refractivity contribution >= 4 is 16.6 Å². The first-order chi connectivity index (χ1) is 9.56. The summed E-state index contributed by atoms with van der Waals surface area (Å²) in [5.74, 6) is 0. The SMILES string of the molecule is Cc1nn(C2CCN(C)CC2)c2ccc([N+](=O)[O-])cc12. The van der Waals surface area contributed by atoms with Crippen LogP contribution in [0.2, 0.25) is 0 Å². The molecule has 0 amide bonds. The number of nitro benzene ring substituents is 1. The molecule has 1 aromatic heterocycles. The van der Waals surface area contributed by atoms with Crippen LogP contribution < -0.4 is 0 Å². The summed E-state index contributed by atoms with van der Waals surface area (Å²) in [5.41, 5.74) is 1.99. The summed E-state index contributed by atoms with van der Waals surface area (Å²) >= 11 is 0. The topological polar surface area (TPSA) is 64.2 Å². The van der Waals surface area contributed by atoms with E-state index in [2.05, 4.69) is 21.7 Å². The number of rotatable bonds is 2. The van der Waals surface area contributed by atoms with E-state index in [0.717, 1.165) is 42.5 Å². The molecular formula is C14H18N4O2. The van der Waals surface area contributed by atoms with E-state index in [1.165, 1.54) is 0 Å². The molecule has 0 unspecified atom stereocenters. The van der Waals surface area contributed by atoms with Gasteiger partial charge >= 0.3 is 0 Å². The number of nitrogens with zero attached hydrogens (tertiary/aromatic N) is 4. The summed E-state index contributed by atoms with van der Waals surface area (Å²) in [6.07, 6.45) is 2.15. The number of aromatic nitrogens is 2. The van der Waals surface area contributed by atoms with Gasteiger partial charge in [0, 0.05) is 17.5 Å². The Morgan fingerprint density at radius 2 is 2.05 bits per heavy atom. The van der Waals surface area contributed by atoms with Crippen molar-refractivity contribution in [1.29, 1.82) is 0 Å². The van der Waals surface area contributed by atoms with Gasteiger partial charge in [-0.2, -0.15) is 5.10 Å². The van der Waals surface area contributed by atoms with Crippen LogP contribution in [0.1, 0.15) is 24.6 Å². The Morgan fingerprint density at radius 3 is 2.70 bits per heavy atom. The largest absolute Gasteiger partial charge is 0.306 e. The number of hydrogen-bond donors (Lipinski definition) is 0. The standard InChI is InChI=1S/C14H18N4O2/c1-10-13-9-12(18(19)20)3-4-14(13)17(15-10)11-5-7-16(2)8-6-11/h3-4,9,11H,5-8H2,1-2H3. The van der Waals surface area contributed by atoms with Crippen LogP contribution in [0, 0.1) is 17.0 Å². The van der Waals surface area contributed by atoms with Gasteiger partial charge in [0.25, 0.3) is 5.69 Å². The molecular weight excluding hydrogens is 256 g/mol. The number of nitro groups is 1. The van der Waals surface area contributed by atoms with Crippen molar-refractivity contribution in [3.05, 3.63) is 34.0 Å². The molecule has 2 aromatic rings. The van der Waals surface area contributed by atoms with Gasteiger partial charge in [0.15, 0.2) is 0 Å². The Balaban J connectivity index is 2.02. The molecule has 0 radical (unpaired) electrons. The van der Waals surface area contributed by atoms with Gasteiger partial charge in [0.05, 0.1) is 22.2 Å². The Hall–Kier alpha value is -1.95. The molecule has 0 spiro atoms. The van der Waals surface area contributed by atoms with Crippen molar-refractivity contribution in [2.45, 2.75) is 25.8 Å². The van der Waals surface area contributed by atoms with E-state index in [1.807, 2.05) is 13.0 Å². The maximum Gasteiger partial charge on any atom is 0.270 e. The highest BCUT2D eigenvalue weighted by Crippen LogP contribution is 2.29. The molecule has 0 N–H and O–H groups in total. The Kier molecular flexibility index (Phi) is 3.17. The predicted octanol–water partition coefficient (Wildman–Crippen LogP) is 2.52. The normalized spacial score (nSPS) is 17.7. The predicted molar refractivity (Wildman–Crippen MR) is 76.9 cm³/mol. The van der Waals surface area contributed by atoms with Crippen molar-refractivity contribution < 1.29 is 4.92 Å². The highest BCUT2D eigenvalue weighted by Gasteiger charge is 2.22. The number of piperidine rings is 1. The monoisotopic (exact) mass is 274 g/mol. The van der Waals surface area contributed by atoms with Crippen LogP contribution in [0.15, 0.2) is 18.2 Å². The second-order valence-corrected chi connectivity index (χ2v) is 5.52. The van der Waals surface area contributed by atoms with Gasteiger partial charge in [-0.25, -0.2) is 0 Å². The van der Waals surface area contributed by atoms with Gasteiger partial charge in [-0.05, 0) is 46.0 Å². The minimum Gasteiger partial charge on any atom is -0.306 e. The van der Waals surface area contributed by atoms with Crippen LogP contribution in [0.4, 0.5) is 5.69 Å². The maximum atomic E-state index is 10.9. The molecule has 0 saturated carbocycles. The fraction of sp³-hybridized carbons (Fsp3) is 0.500. The number of aryl methyl sites for hydroxylation is 1. The zero-order valence-corrected chi connectivity index (χ0v) is 11.7. The van der Waals surface area contributed by atoms with Crippen molar-refractivity contribution in [3.63, 3.8) is 0 Å². The fourth-order valence-corrected chi connectivity index (χ4v) is 2.91. The number of fused-ring (bicyclic) bond motifs is 1. The fourth-order valence-electron chi connectivity index (χ4n) is 2.91. The molecule has 1 saturated heterocycles. The summed E-state index contributed by atoms with van der Waals surface area (Å²) in [5, 5.41) is 16.4.